The van der Waals surface area contributed by atoms with Crippen molar-refractivity contribution in [1.82, 2.24) is 0 Å². The van der Waals surface area contributed by atoms with Crippen molar-refractivity contribution in [2.45, 2.75) is 11.9 Å². The largest absolute Gasteiger partial charge is 0.342 e. The van der Waals surface area contributed by atoms with E-state index in [0.717, 1.165) is 5.56 Å². The SMILES string of the molecule is O=S1CC2COC(c3ccccc3)(C1)O2. The highest BCUT2D eigenvalue weighted by Gasteiger charge is 2.48. The molecule has 3 nitrogen and oxygen atoms in total. The zero-order valence-corrected chi connectivity index (χ0v) is 9.03. The summed E-state index contributed by atoms with van der Waals surface area (Å²) in [6.45, 7) is 0.556. The summed E-state index contributed by atoms with van der Waals surface area (Å²) < 4.78 is 23.2. The van der Waals surface area contributed by atoms with Crippen LogP contribution in [0.2, 0.25) is 0 Å². The van der Waals surface area contributed by atoms with Crippen LogP contribution >= 0.6 is 0 Å². The van der Waals surface area contributed by atoms with Crippen LogP contribution in [0.15, 0.2) is 30.3 Å². The molecule has 1 aromatic carbocycles. The van der Waals surface area contributed by atoms with Gasteiger partial charge in [-0.15, -0.1) is 0 Å². The molecule has 2 aliphatic heterocycles. The van der Waals surface area contributed by atoms with Gasteiger partial charge in [-0.1, -0.05) is 30.3 Å². The molecule has 0 aromatic heterocycles. The molecule has 1 aromatic rings. The third-order valence-corrected chi connectivity index (χ3v) is 4.24. The molecule has 15 heavy (non-hydrogen) atoms. The van der Waals surface area contributed by atoms with E-state index in [-0.39, 0.29) is 6.10 Å². The van der Waals surface area contributed by atoms with Crippen LogP contribution in [0.5, 0.6) is 0 Å². The number of rotatable bonds is 1. The van der Waals surface area contributed by atoms with E-state index < -0.39 is 16.6 Å². The second-order valence-electron chi connectivity index (χ2n) is 3.92. The number of hydrogen-bond acceptors (Lipinski definition) is 3. The number of hydrogen-bond donors (Lipinski definition) is 0. The Kier molecular flexibility index (Phi) is 2.16. The maximum atomic E-state index is 11.7. The number of ether oxygens (including phenoxy) is 2. The summed E-state index contributed by atoms with van der Waals surface area (Å²) in [6, 6.07) is 9.77. The third kappa shape index (κ3) is 1.53. The molecule has 3 unspecified atom stereocenters. The quantitative estimate of drug-likeness (QED) is 0.714. The van der Waals surface area contributed by atoms with Gasteiger partial charge < -0.3 is 9.47 Å². The zero-order chi connectivity index (χ0) is 10.3. The molecule has 0 N–H and O–H groups in total. The van der Waals surface area contributed by atoms with Crippen LogP contribution in [-0.4, -0.2) is 28.4 Å². The maximum Gasteiger partial charge on any atom is 0.207 e. The predicted octanol–water partition coefficient (Wildman–Crippen LogP) is 1.02. The molecule has 2 saturated heterocycles. The second-order valence-corrected chi connectivity index (χ2v) is 5.42. The van der Waals surface area contributed by atoms with Crippen LogP contribution in [0.1, 0.15) is 5.56 Å². The molecule has 3 atom stereocenters. The number of fused-ring (bicyclic) bond motifs is 2. The molecule has 2 fully saturated rings. The van der Waals surface area contributed by atoms with E-state index in [9.17, 15) is 4.21 Å². The van der Waals surface area contributed by atoms with Gasteiger partial charge in [-0.05, 0) is 0 Å². The molecule has 2 heterocycles. The molecule has 0 saturated carbocycles. The Labute approximate surface area is 90.8 Å². The fourth-order valence-corrected chi connectivity index (χ4v) is 3.57. The molecule has 2 aliphatic rings. The average molecular weight is 224 g/mol. The van der Waals surface area contributed by atoms with Crippen molar-refractivity contribution >= 4 is 10.8 Å². The molecule has 0 amide bonds. The fourth-order valence-electron chi connectivity index (χ4n) is 2.13. The van der Waals surface area contributed by atoms with E-state index in [1.54, 1.807) is 0 Å². The van der Waals surface area contributed by atoms with E-state index in [1.807, 2.05) is 30.3 Å². The zero-order valence-electron chi connectivity index (χ0n) is 8.22. The average Bonchev–Trinajstić information content (AvgIpc) is 2.57. The highest BCUT2D eigenvalue weighted by atomic mass is 32.2. The lowest BCUT2D eigenvalue weighted by Crippen LogP contribution is -2.40. The Morgan fingerprint density at radius 3 is 2.93 bits per heavy atom. The Hall–Kier alpha value is -0.710. The standard InChI is InChI=1S/C11H12O3S/c12-15-7-10-6-13-11(8-15,14-10)9-4-2-1-3-5-9/h1-5,10H,6-8H2. The summed E-state index contributed by atoms with van der Waals surface area (Å²) in [5, 5.41) is 0. The summed E-state index contributed by atoms with van der Waals surface area (Å²) in [5.74, 6) is 0.317. The van der Waals surface area contributed by atoms with Crippen LogP contribution in [-0.2, 0) is 26.1 Å². The van der Waals surface area contributed by atoms with Crippen LogP contribution in [0.3, 0.4) is 0 Å². The van der Waals surface area contributed by atoms with E-state index in [4.69, 9.17) is 9.47 Å². The topological polar surface area (TPSA) is 35.5 Å². The highest BCUT2D eigenvalue weighted by molar-refractivity contribution is 7.85. The van der Waals surface area contributed by atoms with Crippen molar-refractivity contribution in [1.29, 1.82) is 0 Å². The first-order valence-corrected chi connectivity index (χ1v) is 6.50. The molecule has 0 radical (unpaired) electrons. The lowest BCUT2D eigenvalue weighted by molar-refractivity contribution is -0.159. The van der Waals surface area contributed by atoms with Gasteiger partial charge in [0, 0.05) is 16.4 Å². The van der Waals surface area contributed by atoms with Gasteiger partial charge in [0.2, 0.25) is 5.79 Å². The van der Waals surface area contributed by atoms with Crippen LogP contribution in [0, 0.1) is 0 Å². The highest BCUT2D eigenvalue weighted by Crippen LogP contribution is 2.38. The van der Waals surface area contributed by atoms with Crippen LogP contribution in [0.4, 0.5) is 0 Å². The molecular formula is C11H12O3S. The first-order chi connectivity index (χ1) is 7.28. The minimum Gasteiger partial charge on any atom is -0.342 e. The lowest BCUT2D eigenvalue weighted by atomic mass is 10.1. The minimum absolute atomic E-state index is 0.000195. The van der Waals surface area contributed by atoms with Gasteiger partial charge in [0.25, 0.3) is 0 Å². The second kappa shape index (κ2) is 3.40. The normalized spacial score (nSPS) is 39.2. The Balaban J connectivity index is 2.00. The molecule has 3 rings (SSSR count). The van der Waals surface area contributed by atoms with Crippen molar-refractivity contribution < 1.29 is 13.7 Å². The van der Waals surface area contributed by atoms with Crippen molar-refractivity contribution in [2.24, 2.45) is 0 Å². The summed E-state index contributed by atoms with van der Waals surface area (Å²) in [4.78, 5) is 0. The van der Waals surface area contributed by atoms with E-state index >= 15 is 0 Å². The van der Waals surface area contributed by atoms with Crippen molar-refractivity contribution in [3.05, 3.63) is 35.9 Å². The molecule has 0 aliphatic carbocycles. The maximum absolute atomic E-state index is 11.7. The van der Waals surface area contributed by atoms with Gasteiger partial charge in [0.15, 0.2) is 0 Å². The van der Waals surface area contributed by atoms with Gasteiger partial charge in [-0.2, -0.15) is 0 Å². The van der Waals surface area contributed by atoms with Crippen LogP contribution < -0.4 is 0 Å². The summed E-state index contributed by atoms with van der Waals surface area (Å²) in [6.07, 6.45) is -0.000195. The Bertz CT molecular complexity index is 392. The monoisotopic (exact) mass is 224 g/mol. The Morgan fingerprint density at radius 2 is 2.13 bits per heavy atom. The predicted molar refractivity (Wildman–Crippen MR) is 56.8 cm³/mol. The summed E-state index contributed by atoms with van der Waals surface area (Å²) in [7, 11) is -0.828. The molecular weight excluding hydrogens is 212 g/mol. The van der Waals surface area contributed by atoms with Gasteiger partial charge in [0.1, 0.15) is 0 Å². The van der Waals surface area contributed by atoms with Gasteiger partial charge in [0.05, 0.1) is 24.2 Å². The van der Waals surface area contributed by atoms with Gasteiger partial charge >= 0.3 is 0 Å². The van der Waals surface area contributed by atoms with E-state index in [2.05, 4.69) is 0 Å². The van der Waals surface area contributed by atoms with Crippen LogP contribution in [0.25, 0.3) is 0 Å². The third-order valence-electron chi connectivity index (χ3n) is 2.80. The summed E-state index contributed by atoms with van der Waals surface area (Å²) >= 11 is 0. The smallest absolute Gasteiger partial charge is 0.207 e. The van der Waals surface area contributed by atoms with Crippen molar-refractivity contribution in [3.63, 3.8) is 0 Å². The molecule has 0 spiro atoms. The first kappa shape index (κ1) is 9.51. The first-order valence-electron chi connectivity index (χ1n) is 5.01. The fraction of sp³-hybridized carbons (Fsp3) is 0.455. The Morgan fingerprint density at radius 1 is 1.33 bits per heavy atom. The van der Waals surface area contributed by atoms with Crippen molar-refractivity contribution in [3.8, 4) is 0 Å². The summed E-state index contributed by atoms with van der Waals surface area (Å²) in [5.41, 5.74) is 0.973. The molecule has 80 valence electrons. The number of benzene rings is 1. The minimum atomic E-state index is -0.828. The van der Waals surface area contributed by atoms with Gasteiger partial charge in [-0.3, -0.25) is 4.21 Å². The van der Waals surface area contributed by atoms with E-state index in [0.29, 0.717) is 18.1 Å². The molecule has 4 heteroatoms. The van der Waals surface area contributed by atoms with Crippen molar-refractivity contribution in [2.75, 3.05) is 18.1 Å². The lowest BCUT2D eigenvalue weighted by Gasteiger charge is -2.31. The molecule has 2 bridgehead atoms. The van der Waals surface area contributed by atoms with Gasteiger partial charge in [-0.25, -0.2) is 0 Å². The van der Waals surface area contributed by atoms with E-state index in [1.165, 1.54) is 0 Å².